The first-order chi connectivity index (χ1) is 6.57. The Kier molecular flexibility index (Phi) is 2.29. The van der Waals surface area contributed by atoms with Gasteiger partial charge in [-0.05, 0) is 19.8 Å². The van der Waals surface area contributed by atoms with Crippen molar-refractivity contribution < 1.29 is 13.2 Å². The van der Waals surface area contributed by atoms with Crippen molar-refractivity contribution in [3.8, 4) is 0 Å². The first-order valence-corrected chi connectivity index (χ1v) is 4.87. The van der Waals surface area contributed by atoms with Crippen LogP contribution in [0.25, 0.3) is 0 Å². The molecule has 1 heterocycles. The van der Waals surface area contributed by atoms with Crippen molar-refractivity contribution in [2.24, 2.45) is 0 Å². The zero-order valence-electron chi connectivity index (χ0n) is 8.09. The molecular formula is C10H13F2NO. The van der Waals surface area contributed by atoms with Crippen LogP contribution in [-0.4, -0.2) is 10.9 Å². The molecule has 0 saturated heterocycles. The molecule has 78 valence electrons. The maximum Gasteiger partial charge on any atom is 0.248 e. The van der Waals surface area contributed by atoms with Gasteiger partial charge in [0.1, 0.15) is 5.76 Å². The Morgan fingerprint density at radius 3 is 2.57 bits per heavy atom. The number of aromatic nitrogens is 1. The van der Waals surface area contributed by atoms with Gasteiger partial charge in [-0.15, -0.1) is 0 Å². The first kappa shape index (κ1) is 9.62. The Balaban J connectivity index is 2.02. The van der Waals surface area contributed by atoms with E-state index in [1.165, 1.54) is 0 Å². The lowest BCUT2D eigenvalue weighted by Gasteiger charge is -2.26. The zero-order valence-corrected chi connectivity index (χ0v) is 8.09. The maximum absolute atomic E-state index is 12.8. The molecule has 14 heavy (non-hydrogen) atoms. The Labute approximate surface area is 81.3 Å². The van der Waals surface area contributed by atoms with Gasteiger partial charge in [-0.25, -0.2) is 13.8 Å². The summed E-state index contributed by atoms with van der Waals surface area (Å²) in [7, 11) is 0. The summed E-state index contributed by atoms with van der Waals surface area (Å²) >= 11 is 0. The smallest absolute Gasteiger partial charge is 0.248 e. The Morgan fingerprint density at radius 1 is 1.43 bits per heavy atom. The number of nitrogens with zero attached hydrogens (tertiary/aromatic N) is 1. The molecule has 2 rings (SSSR count). The van der Waals surface area contributed by atoms with E-state index in [1.807, 2.05) is 6.92 Å². The van der Waals surface area contributed by atoms with E-state index in [9.17, 15) is 8.78 Å². The summed E-state index contributed by atoms with van der Waals surface area (Å²) in [6.45, 7) is 1.81. The van der Waals surface area contributed by atoms with E-state index < -0.39 is 5.92 Å². The van der Waals surface area contributed by atoms with Crippen molar-refractivity contribution in [2.45, 2.75) is 44.4 Å². The van der Waals surface area contributed by atoms with Gasteiger partial charge in [-0.2, -0.15) is 0 Å². The van der Waals surface area contributed by atoms with Crippen LogP contribution in [-0.2, 0) is 0 Å². The number of oxazole rings is 1. The van der Waals surface area contributed by atoms with Crippen molar-refractivity contribution in [3.05, 3.63) is 17.8 Å². The van der Waals surface area contributed by atoms with E-state index in [1.54, 1.807) is 6.20 Å². The summed E-state index contributed by atoms with van der Waals surface area (Å²) in [5, 5.41) is 0. The van der Waals surface area contributed by atoms with E-state index in [0.29, 0.717) is 18.7 Å². The minimum Gasteiger partial charge on any atom is -0.446 e. The highest BCUT2D eigenvalue weighted by molar-refractivity contribution is 4.99. The lowest BCUT2D eigenvalue weighted by Crippen LogP contribution is -2.23. The van der Waals surface area contributed by atoms with E-state index >= 15 is 0 Å². The molecule has 1 aromatic heterocycles. The van der Waals surface area contributed by atoms with Gasteiger partial charge in [-0.1, -0.05) is 0 Å². The van der Waals surface area contributed by atoms with E-state index in [2.05, 4.69) is 4.98 Å². The fourth-order valence-corrected chi connectivity index (χ4v) is 1.85. The SMILES string of the molecule is Cc1cnc(C2CCC(F)(F)CC2)o1. The van der Waals surface area contributed by atoms with E-state index in [-0.39, 0.29) is 18.8 Å². The van der Waals surface area contributed by atoms with Crippen LogP contribution in [0.15, 0.2) is 10.6 Å². The van der Waals surface area contributed by atoms with Crippen LogP contribution in [0.5, 0.6) is 0 Å². The number of rotatable bonds is 1. The van der Waals surface area contributed by atoms with Crippen LogP contribution in [0, 0.1) is 6.92 Å². The number of aryl methyl sites for hydroxylation is 1. The second-order valence-electron chi connectivity index (χ2n) is 3.94. The molecule has 0 amide bonds. The highest BCUT2D eigenvalue weighted by Crippen LogP contribution is 2.40. The van der Waals surface area contributed by atoms with Gasteiger partial charge in [-0.3, -0.25) is 0 Å². The standard InChI is InChI=1S/C10H13F2NO/c1-7-6-13-9(14-7)8-2-4-10(11,12)5-3-8/h6,8H,2-5H2,1H3. The second-order valence-corrected chi connectivity index (χ2v) is 3.94. The number of alkyl halides is 2. The van der Waals surface area contributed by atoms with Crippen LogP contribution in [0.2, 0.25) is 0 Å². The minimum absolute atomic E-state index is 0.0426. The summed E-state index contributed by atoms with van der Waals surface area (Å²) in [6, 6.07) is 0. The van der Waals surface area contributed by atoms with E-state index in [4.69, 9.17) is 4.42 Å². The van der Waals surface area contributed by atoms with Crippen molar-refractivity contribution in [1.82, 2.24) is 4.98 Å². The fraction of sp³-hybridized carbons (Fsp3) is 0.700. The molecular weight excluding hydrogens is 188 g/mol. The first-order valence-electron chi connectivity index (χ1n) is 4.87. The topological polar surface area (TPSA) is 26.0 Å². The average molecular weight is 201 g/mol. The molecule has 1 aromatic rings. The third kappa shape index (κ3) is 1.94. The highest BCUT2D eigenvalue weighted by Gasteiger charge is 2.36. The Morgan fingerprint density at radius 2 is 2.07 bits per heavy atom. The van der Waals surface area contributed by atoms with Crippen LogP contribution in [0.4, 0.5) is 8.78 Å². The summed E-state index contributed by atoms with van der Waals surface area (Å²) in [6.07, 6.45) is 2.51. The molecule has 1 fully saturated rings. The summed E-state index contributed by atoms with van der Waals surface area (Å²) in [5.74, 6) is -1.02. The summed E-state index contributed by atoms with van der Waals surface area (Å²) in [4.78, 5) is 4.08. The van der Waals surface area contributed by atoms with Gasteiger partial charge in [0.2, 0.25) is 5.92 Å². The van der Waals surface area contributed by atoms with Crippen molar-refractivity contribution in [3.63, 3.8) is 0 Å². The van der Waals surface area contributed by atoms with Crippen LogP contribution >= 0.6 is 0 Å². The lowest BCUT2D eigenvalue weighted by atomic mass is 9.87. The molecule has 0 aliphatic heterocycles. The predicted octanol–water partition coefficient (Wildman–Crippen LogP) is 3.28. The molecule has 0 atom stereocenters. The average Bonchev–Trinajstić information content (AvgIpc) is 2.52. The number of hydrogen-bond donors (Lipinski definition) is 0. The highest BCUT2D eigenvalue weighted by atomic mass is 19.3. The van der Waals surface area contributed by atoms with Crippen molar-refractivity contribution >= 4 is 0 Å². The molecule has 0 bridgehead atoms. The van der Waals surface area contributed by atoms with Gasteiger partial charge in [0, 0.05) is 18.8 Å². The van der Waals surface area contributed by atoms with Crippen LogP contribution < -0.4 is 0 Å². The largest absolute Gasteiger partial charge is 0.446 e. The molecule has 2 nitrogen and oxygen atoms in total. The van der Waals surface area contributed by atoms with Gasteiger partial charge >= 0.3 is 0 Å². The van der Waals surface area contributed by atoms with Crippen molar-refractivity contribution in [2.75, 3.05) is 0 Å². The Hall–Kier alpha value is -0.930. The molecule has 1 aliphatic carbocycles. The quantitative estimate of drug-likeness (QED) is 0.696. The zero-order chi connectivity index (χ0) is 10.2. The van der Waals surface area contributed by atoms with Gasteiger partial charge in [0.05, 0.1) is 6.20 Å². The van der Waals surface area contributed by atoms with Crippen molar-refractivity contribution in [1.29, 1.82) is 0 Å². The second kappa shape index (κ2) is 3.33. The van der Waals surface area contributed by atoms with Gasteiger partial charge in [0.15, 0.2) is 5.89 Å². The molecule has 1 saturated carbocycles. The minimum atomic E-state index is -2.47. The van der Waals surface area contributed by atoms with Crippen LogP contribution in [0.1, 0.15) is 43.3 Å². The van der Waals surface area contributed by atoms with E-state index in [0.717, 1.165) is 5.76 Å². The van der Waals surface area contributed by atoms with Gasteiger partial charge < -0.3 is 4.42 Å². The summed E-state index contributed by atoms with van der Waals surface area (Å²) in [5.41, 5.74) is 0. The molecule has 4 heteroatoms. The number of halogens is 2. The predicted molar refractivity (Wildman–Crippen MR) is 47.4 cm³/mol. The summed E-state index contributed by atoms with van der Waals surface area (Å²) < 4.78 is 31.0. The Bertz CT molecular complexity index is 312. The maximum atomic E-state index is 12.8. The molecule has 1 aliphatic rings. The van der Waals surface area contributed by atoms with Gasteiger partial charge in [0.25, 0.3) is 0 Å². The molecule has 0 spiro atoms. The third-order valence-electron chi connectivity index (χ3n) is 2.71. The third-order valence-corrected chi connectivity index (χ3v) is 2.71. The number of hydrogen-bond acceptors (Lipinski definition) is 2. The van der Waals surface area contributed by atoms with Crippen LogP contribution in [0.3, 0.4) is 0 Å². The molecule has 0 N–H and O–H groups in total. The molecule has 0 unspecified atom stereocenters. The fourth-order valence-electron chi connectivity index (χ4n) is 1.85. The monoisotopic (exact) mass is 201 g/mol. The molecule has 0 radical (unpaired) electrons. The lowest BCUT2D eigenvalue weighted by molar-refractivity contribution is -0.0399. The normalized spacial score (nSPS) is 22.5. The molecule has 0 aromatic carbocycles.